The molecular weight excluding hydrogens is 368 g/mol. The molecule has 0 bridgehead atoms. The highest BCUT2D eigenvalue weighted by Gasteiger charge is 2.29. The standard InChI is InChI=1S/C15H15ClN4O4S/c1-9-14(10(2)23-18-9)25(21,22)20(3)8-13-17-15(19-24-13)11-6-4-5-7-12(11)16/h4-7H,8H2,1-3H3. The van der Waals surface area contributed by atoms with Crippen LogP contribution in [0.2, 0.25) is 5.02 Å². The monoisotopic (exact) mass is 382 g/mol. The number of hydrogen-bond donors (Lipinski definition) is 0. The molecular formula is C15H15ClN4O4S. The quantitative estimate of drug-likeness (QED) is 0.668. The van der Waals surface area contributed by atoms with Crippen molar-refractivity contribution < 1.29 is 17.5 Å². The van der Waals surface area contributed by atoms with Crippen LogP contribution in [0, 0.1) is 13.8 Å². The lowest BCUT2D eigenvalue weighted by Gasteiger charge is -2.14. The highest BCUT2D eigenvalue weighted by atomic mass is 35.5. The second-order valence-corrected chi connectivity index (χ2v) is 7.79. The molecule has 0 saturated heterocycles. The van der Waals surface area contributed by atoms with Crippen LogP contribution in [0.3, 0.4) is 0 Å². The maximum Gasteiger partial charge on any atom is 0.248 e. The molecule has 0 aliphatic heterocycles. The number of rotatable bonds is 5. The molecule has 2 heterocycles. The Bertz CT molecular complexity index is 993. The van der Waals surface area contributed by atoms with Gasteiger partial charge in [0.05, 0.1) is 11.6 Å². The average molecular weight is 383 g/mol. The normalized spacial score (nSPS) is 12.0. The topological polar surface area (TPSA) is 102 Å². The summed E-state index contributed by atoms with van der Waals surface area (Å²) in [5.74, 6) is 0.670. The van der Waals surface area contributed by atoms with Crippen molar-refractivity contribution in [1.29, 1.82) is 0 Å². The summed E-state index contributed by atoms with van der Waals surface area (Å²) in [4.78, 5) is 4.26. The fraction of sp³-hybridized carbons (Fsp3) is 0.267. The van der Waals surface area contributed by atoms with Gasteiger partial charge in [0.2, 0.25) is 21.7 Å². The van der Waals surface area contributed by atoms with Crippen LogP contribution >= 0.6 is 11.6 Å². The highest BCUT2D eigenvalue weighted by Crippen LogP contribution is 2.26. The molecule has 3 rings (SSSR count). The van der Waals surface area contributed by atoms with Crippen LogP contribution in [0.15, 0.2) is 38.2 Å². The van der Waals surface area contributed by atoms with Crippen molar-refractivity contribution in [3.05, 3.63) is 46.6 Å². The molecule has 0 spiro atoms. The van der Waals surface area contributed by atoms with E-state index in [-0.39, 0.29) is 23.1 Å². The Labute approximate surface area is 149 Å². The molecule has 132 valence electrons. The molecule has 0 aliphatic rings. The number of sulfonamides is 1. The fourth-order valence-electron chi connectivity index (χ4n) is 2.35. The van der Waals surface area contributed by atoms with Crippen LogP contribution in [0.4, 0.5) is 0 Å². The Morgan fingerprint density at radius 2 is 1.88 bits per heavy atom. The fourth-order valence-corrected chi connectivity index (χ4v) is 3.97. The van der Waals surface area contributed by atoms with Gasteiger partial charge in [-0.05, 0) is 26.0 Å². The molecule has 0 aliphatic carbocycles. The number of aryl methyl sites for hydroxylation is 2. The Hall–Kier alpha value is -2.23. The Morgan fingerprint density at radius 3 is 2.52 bits per heavy atom. The first-order valence-corrected chi connectivity index (χ1v) is 9.09. The molecule has 2 aromatic heterocycles. The van der Waals surface area contributed by atoms with Gasteiger partial charge in [-0.15, -0.1) is 0 Å². The predicted octanol–water partition coefficient (Wildman–Crippen LogP) is 2.82. The zero-order chi connectivity index (χ0) is 18.2. The van der Waals surface area contributed by atoms with Gasteiger partial charge in [-0.25, -0.2) is 8.42 Å². The van der Waals surface area contributed by atoms with Crippen LogP contribution in [0.25, 0.3) is 11.4 Å². The maximum atomic E-state index is 12.7. The molecule has 0 saturated carbocycles. The SMILES string of the molecule is Cc1noc(C)c1S(=O)(=O)N(C)Cc1nc(-c2ccccc2Cl)no1. The summed E-state index contributed by atoms with van der Waals surface area (Å²) < 4.78 is 36.6. The first-order chi connectivity index (χ1) is 11.8. The van der Waals surface area contributed by atoms with Crippen LogP contribution in [-0.2, 0) is 16.6 Å². The van der Waals surface area contributed by atoms with Crippen LogP contribution in [-0.4, -0.2) is 35.1 Å². The first kappa shape index (κ1) is 17.6. The van der Waals surface area contributed by atoms with Crippen LogP contribution in [0.1, 0.15) is 17.3 Å². The average Bonchev–Trinajstić information content (AvgIpc) is 3.14. The summed E-state index contributed by atoms with van der Waals surface area (Å²) in [5, 5.41) is 8.01. The molecule has 0 radical (unpaired) electrons. The number of aromatic nitrogens is 3. The van der Waals surface area contributed by atoms with Crippen molar-refractivity contribution >= 4 is 21.6 Å². The molecule has 0 N–H and O–H groups in total. The lowest BCUT2D eigenvalue weighted by Crippen LogP contribution is -2.27. The number of nitrogens with zero attached hydrogens (tertiary/aromatic N) is 4. The Kier molecular flexibility index (Phi) is 4.63. The van der Waals surface area contributed by atoms with E-state index in [0.717, 1.165) is 4.31 Å². The van der Waals surface area contributed by atoms with Gasteiger partial charge in [0.1, 0.15) is 10.6 Å². The molecule has 1 aromatic carbocycles. The van der Waals surface area contributed by atoms with Gasteiger partial charge >= 0.3 is 0 Å². The van der Waals surface area contributed by atoms with Crippen LogP contribution < -0.4 is 0 Å². The van der Waals surface area contributed by atoms with E-state index in [1.54, 1.807) is 38.1 Å². The van der Waals surface area contributed by atoms with E-state index in [1.165, 1.54) is 7.05 Å². The summed E-state index contributed by atoms with van der Waals surface area (Å²) in [6.07, 6.45) is 0. The van der Waals surface area contributed by atoms with E-state index in [9.17, 15) is 8.42 Å². The van der Waals surface area contributed by atoms with E-state index >= 15 is 0 Å². The van der Waals surface area contributed by atoms with Gasteiger partial charge in [0, 0.05) is 12.6 Å². The third-order valence-electron chi connectivity index (χ3n) is 3.58. The Morgan fingerprint density at radius 1 is 1.16 bits per heavy atom. The van der Waals surface area contributed by atoms with Crippen molar-refractivity contribution in [2.45, 2.75) is 25.3 Å². The zero-order valence-electron chi connectivity index (χ0n) is 13.7. The molecule has 25 heavy (non-hydrogen) atoms. The number of halogens is 1. The summed E-state index contributed by atoms with van der Waals surface area (Å²) in [6.45, 7) is 3.02. The molecule has 0 fully saturated rings. The highest BCUT2D eigenvalue weighted by molar-refractivity contribution is 7.89. The second kappa shape index (κ2) is 6.58. The summed E-state index contributed by atoms with van der Waals surface area (Å²) in [5.41, 5.74) is 0.905. The largest absolute Gasteiger partial charge is 0.360 e. The van der Waals surface area contributed by atoms with E-state index in [0.29, 0.717) is 22.1 Å². The van der Waals surface area contributed by atoms with Crippen molar-refractivity contribution in [2.24, 2.45) is 0 Å². The van der Waals surface area contributed by atoms with Gasteiger partial charge < -0.3 is 9.05 Å². The van der Waals surface area contributed by atoms with Crippen LogP contribution in [0.5, 0.6) is 0 Å². The predicted molar refractivity (Wildman–Crippen MR) is 89.4 cm³/mol. The number of benzene rings is 1. The number of hydrogen-bond acceptors (Lipinski definition) is 7. The molecule has 0 amide bonds. The molecule has 10 heteroatoms. The minimum Gasteiger partial charge on any atom is -0.360 e. The van der Waals surface area contributed by atoms with Gasteiger partial charge in [0.25, 0.3) is 0 Å². The molecule has 0 atom stereocenters. The maximum absolute atomic E-state index is 12.7. The summed E-state index contributed by atoms with van der Waals surface area (Å²) in [7, 11) is -2.38. The smallest absolute Gasteiger partial charge is 0.248 e. The van der Waals surface area contributed by atoms with Crippen molar-refractivity contribution in [3.63, 3.8) is 0 Å². The molecule has 3 aromatic rings. The van der Waals surface area contributed by atoms with E-state index in [1.807, 2.05) is 0 Å². The van der Waals surface area contributed by atoms with Crippen molar-refractivity contribution in [2.75, 3.05) is 7.05 Å². The summed E-state index contributed by atoms with van der Waals surface area (Å²) in [6, 6.07) is 7.05. The first-order valence-electron chi connectivity index (χ1n) is 7.27. The lowest BCUT2D eigenvalue weighted by atomic mass is 10.2. The van der Waals surface area contributed by atoms with Crippen molar-refractivity contribution in [1.82, 2.24) is 19.6 Å². The minimum absolute atomic E-state index is 0.0424. The van der Waals surface area contributed by atoms with Gasteiger partial charge in [-0.3, -0.25) is 0 Å². The molecule has 8 nitrogen and oxygen atoms in total. The summed E-state index contributed by atoms with van der Waals surface area (Å²) >= 11 is 6.10. The lowest BCUT2D eigenvalue weighted by molar-refractivity contribution is 0.336. The van der Waals surface area contributed by atoms with E-state index in [2.05, 4.69) is 15.3 Å². The zero-order valence-corrected chi connectivity index (χ0v) is 15.3. The third-order valence-corrected chi connectivity index (χ3v) is 5.96. The second-order valence-electron chi connectivity index (χ2n) is 5.41. The van der Waals surface area contributed by atoms with Gasteiger partial charge in [-0.2, -0.15) is 9.29 Å². The van der Waals surface area contributed by atoms with Gasteiger partial charge in [0.15, 0.2) is 5.76 Å². The Balaban J connectivity index is 1.85. The van der Waals surface area contributed by atoms with E-state index < -0.39 is 10.0 Å². The third kappa shape index (κ3) is 3.30. The van der Waals surface area contributed by atoms with Gasteiger partial charge in [-0.1, -0.05) is 34.0 Å². The minimum atomic E-state index is -3.80. The van der Waals surface area contributed by atoms with Crippen molar-refractivity contribution in [3.8, 4) is 11.4 Å². The van der Waals surface area contributed by atoms with E-state index in [4.69, 9.17) is 20.6 Å². The molecule has 0 unspecified atom stereocenters.